The average Bonchev–Trinajstić information content (AvgIpc) is 3.11. The van der Waals surface area contributed by atoms with Crippen molar-refractivity contribution in [2.45, 2.75) is 89.8 Å². The molecule has 1 saturated heterocycles. The van der Waals surface area contributed by atoms with Crippen LogP contribution in [0.3, 0.4) is 0 Å². The standard InChI is InChI=1S/C22H38O4Si/c1-22(2,3)27(4,5)25-11-9-16-12-17-14-20(19(15-23)18(17)13-16)26-21-8-6-7-10-24-21/h12,15,17-21H,6-11,13-14H2,1-5H3/t17-,18-,19+,20+,21?/m1/s1. The van der Waals surface area contributed by atoms with E-state index in [1.165, 1.54) is 5.57 Å². The summed E-state index contributed by atoms with van der Waals surface area (Å²) in [6.07, 6.45) is 9.72. The number of carbonyl (C=O) groups excluding carboxylic acids is 1. The first kappa shape index (κ1) is 21.2. The summed E-state index contributed by atoms with van der Waals surface area (Å²) in [7, 11) is -1.68. The Morgan fingerprint density at radius 2 is 2.07 bits per heavy atom. The first-order valence-corrected chi connectivity index (χ1v) is 13.7. The summed E-state index contributed by atoms with van der Waals surface area (Å²) in [5, 5.41) is 0.252. The first-order valence-electron chi connectivity index (χ1n) is 10.8. The number of fused-ring (bicyclic) bond motifs is 1. The van der Waals surface area contributed by atoms with E-state index >= 15 is 0 Å². The van der Waals surface area contributed by atoms with Gasteiger partial charge in [-0.3, -0.25) is 0 Å². The molecule has 1 heterocycles. The minimum atomic E-state index is -1.68. The molecular formula is C22H38O4Si. The van der Waals surface area contributed by atoms with Gasteiger partial charge in [0, 0.05) is 19.1 Å². The van der Waals surface area contributed by atoms with E-state index in [1.807, 2.05) is 0 Å². The molecule has 5 heteroatoms. The lowest BCUT2D eigenvalue weighted by molar-refractivity contribution is -0.194. The SMILES string of the molecule is CC(C)(C)[Si](C)(C)OCCC1=C[C@@H]2C[C@H](OC3CCCCO3)[C@@H](C=O)[C@@H]2C1. The van der Waals surface area contributed by atoms with Crippen LogP contribution in [-0.4, -0.2) is 40.2 Å². The van der Waals surface area contributed by atoms with Crippen molar-refractivity contribution in [1.29, 1.82) is 0 Å². The molecule has 5 atom stereocenters. The summed E-state index contributed by atoms with van der Waals surface area (Å²) in [5.41, 5.74) is 1.47. The van der Waals surface area contributed by atoms with Crippen molar-refractivity contribution in [3.63, 3.8) is 0 Å². The van der Waals surface area contributed by atoms with E-state index < -0.39 is 8.32 Å². The second-order valence-electron chi connectivity index (χ2n) is 10.1. The molecule has 0 aromatic carbocycles. The number of hydrogen-bond donors (Lipinski definition) is 0. The number of allylic oxidation sites excluding steroid dienone is 1. The maximum Gasteiger partial charge on any atom is 0.191 e. The zero-order valence-corrected chi connectivity index (χ0v) is 18.8. The molecule has 3 rings (SSSR count). The number of aldehydes is 1. The van der Waals surface area contributed by atoms with E-state index in [4.69, 9.17) is 13.9 Å². The van der Waals surface area contributed by atoms with Gasteiger partial charge in [-0.1, -0.05) is 32.4 Å². The van der Waals surface area contributed by atoms with Gasteiger partial charge in [-0.25, -0.2) is 0 Å². The van der Waals surface area contributed by atoms with Crippen LogP contribution < -0.4 is 0 Å². The van der Waals surface area contributed by atoms with Crippen molar-refractivity contribution in [2.24, 2.45) is 17.8 Å². The molecule has 1 unspecified atom stereocenters. The molecule has 0 aromatic heterocycles. The second kappa shape index (κ2) is 8.48. The Kier molecular flexibility index (Phi) is 6.66. The third-order valence-corrected chi connectivity index (χ3v) is 11.8. The molecule has 0 radical (unpaired) electrons. The molecule has 0 amide bonds. The molecule has 0 spiro atoms. The molecule has 4 nitrogen and oxygen atoms in total. The Labute approximate surface area is 166 Å². The van der Waals surface area contributed by atoms with Gasteiger partial charge in [0.25, 0.3) is 0 Å². The molecule has 2 fully saturated rings. The number of carbonyl (C=O) groups is 1. The molecule has 1 aliphatic heterocycles. The fourth-order valence-corrected chi connectivity index (χ4v) is 5.55. The fourth-order valence-electron chi connectivity index (χ4n) is 4.50. The predicted octanol–water partition coefficient (Wildman–Crippen LogP) is 5.09. The molecule has 0 bridgehead atoms. The largest absolute Gasteiger partial charge is 0.417 e. The van der Waals surface area contributed by atoms with Gasteiger partial charge in [0.2, 0.25) is 0 Å². The highest BCUT2D eigenvalue weighted by Crippen LogP contribution is 2.48. The highest BCUT2D eigenvalue weighted by molar-refractivity contribution is 6.74. The zero-order valence-electron chi connectivity index (χ0n) is 17.8. The van der Waals surface area contributed by atoms with Crippen molar-refractivity contribution in [1.82, 2.24) is 0 Å². The van der Waals surface area contributed by atoms with Crippen LogP contribution in [0.1, 0.15) is 59.3 Å². The molecule has 3 aliphatic rings. The Morgan fingerprint density at radius 3 is 2.70 bits per heavy atom. The lowest BCUT2D eigenvalue weighted by atomic mass is 9.90. The van der Waals surface area contributed by atoms with Crippen molar-refractivity contribution < 1.29 is 18.7 Å². The number of rotatable bonds is 7. The van der Waals surface area contributed by atoms with Crippen molar-refractivity contribution >= 4 is 14.6 Å². The molecule has 1 saturated carbocycles. The lowest BCUT2D eigenvalue weighted by Gasteiger charge is -2.36. The summed E-state index contributed by atoms with van der Waals surface area (Å²) in [6.45, 7) is 13.1. The van der Waals surface area contributed by atoms with Crippen molar-refractivity contribution in [2.75, 3.05) is 13.2 Å². The van der Waals surface area contributed by atoms with Gasteiger partial charge in [-0.05, 0) is 68.5 Å². The smallest absolute Gasteiger partial charge is 0.191 e. The number of ether oxygens (including phenoxy) is 2. The quantitative estimate of drug-likeness (QED) is 0.343. The van der Waals surface area contributed by atoms with Crippen molar-refractivity contribution in [3.05, 3.63) is 11.6 Å². The molecule has 27 heavy (non-hydrogen) atoms. The van der Waals surface area contributed by atoms with Crippen LogP contribution in [0, 0.1) is 17.8 Å². The highest BCUT2D eigenvalue weighted by atomic mass is 28.4. The van der Waals surface area contributed by atoms with Gasteiger partial charge in [-0.2, -0.15) is 0 Å². The Balaban J connectivity index is 1.51. The van der Waals surface area contributed by atoms with Crippen LogP contribution in [0.5, 0.6) is 0 Å². The van der Waals surface area contributed by atoms with E-state index in [2.05, 4.69) is 39.9 Å². The number of hydrogen-bond acceptors (Lipinski definition) is 4. The Morgan fingerprint density at radius 1 is 1.30 bits per heavy atom. The van der Waals surface area contributed by atoms with E-state index in [-0.39, 0.29) is 23.4 Å². The maximum absolute atomic E-state index is 11.8. The van der Waals surface area contributed by atoms with Gasteiger partial charge in [0.05, 0.1) is 6.10 Å². The third-order valence-electron chi connectivity index (χ3n) is 7.24. The van der Waals surface area contributed by atoms with Crippen LogP contribution in [0.15, 0.2) is 11.6 Å². The Hall–Kier alpha value is -0.493. The average molecular weight is 395 g/mol. The minimum Gasteiger partial charge on any atom is -0.417 e. The van der Waals surface area contributed by atoms with E-state index in [0.717, 1.165) is 58.0 Å². The fraction of sp³-hybridized carbons (Fsp3) is 0.864. The molecule has 0 N–H and O–H groups in total. The summed E-state index contributed by atoms with van der Waals surface area (Å²) in [6, 6.07) is 0. The van der Waals surface area contributed by atoms with E-state index in [1.54, 1.807) is 0 Å². The summed E-state index contributed by atoms with van der Waals surface area (Å²) < 4.78 is 18.3. The topological polar surface area (TPSA) is 44.8 Å². The predicted molar refractivity (Wildman–Crippen MR) is 110 cm³/mol. The van der Waals surface area contributed by atoms with Gasteiger partial charge in [0.1, 0.15) is 6.29 Å². The molecular weight excluding hydrogens is 356 g/mol. The second-order valence-corrected chi connectivity index (χ2v) is 14.9. The molecule has 0 aromatic rings. The highest BCUT2D eigenvalue weighted by Gasteiger charge is 2.46. The van der Waals surface area contributed by atoms with Gasteiger partial charge in [0.15, 0.2) is 14.6 Å². The molecule has 154 valence electrons. The van der Waals surface area contributed by atoms with Crippen molar-refractivity contribution in [3.8, 4) is 0 Å². The van der Waals surface area contributed by atoms with Gasteiger partial charge < -0.3 is 18.7 Å². The van der Waals surface area contributed by atoms with Crippen LogP contribution in [0.4, 0.5) is 0 Å². The van der Waals surface area contributed by atoms with Gasteiger partial charge in [-0.15, -0.1) is 0 Å². The third kappa shape index (κ3) is 4.92. The van der Waals surface area contributed by atoms with Crippen LogP contribution in [0.2, 0.25) is 18.1 Å². The van der Waals surface area contributed by atoms with E-state index in [9.17, 15) is 4.79 Å². The normalized spacial score (nSPS) is 34.4. The summed E-state index contributed by atoms with van der Waals surface area (Å²) in [5.74, 6) is 0.909. The summed E-state index contributed by atoms with van der Waals surface area (Å²) in [4.78, 5) is 11.8. The Bertz CT molecular complexity index is 545. The monoisotopic (exact) mass is 394 g/mol. The van der Waals surface area contributed by atoms with Crippen LogP contribution in [-0.2, 0) is 18.7 Å². The zero-order chi connectivity index (χ0) is 19.7. The van der Waals surface area contributed by atoms with Crippen LogP contribution in [0.25, 0.3) is 0 Å². The van der Waals surface area contributed by atoms with Gasteiger partial charge >= 0.3 is 0 Å². The van der Waals surface area contributed by atoms with Crippen LogP contribution >= 0.6 is 0 Å². The molecule has 2 aliphatic carbocycles. The summed E-state index contributed by atoms with van der Waals surface area (Å²) >= 11 is 0. The minimum absolute atomic E-state index is 0.00980. The lowest BCUT2D eigenvalue weighted by Crippen LogP contribution is -2.41. The maximum atomic E-state index is 11.8. The van der Waals surface area contributed by atoms with E-state index in [0.29, 0.717) is 11.8 Å². The first-order chi connectivity index (χ1) is 12.7.